The Hall–Kier alpha value is -2.99. The molecule has 146 valence electrons. The van der Waals surface area contributed by atoms with Crippen LogP contribution in [-0.4, -0.2) is 22.2 Å². The van der Waals surface area contributed by atoms with Gasteiger partial charge in [-0.1, -0.05) is 30.3 Å². The standard InChI is InChI=1S/C22H25N3O3/c1-15(2)27-14-18-10-7-11-19(16(18)3)23-20(26)12-13-21-24-25-22(28-21)17-8-5-4-6-9-17/h4-11,15H,12-14H2,1-3H3,(H,23,26). The summed E-state index contributed by atoms with van der Waals surface area (Å²) in [6, 6.07) is 15.4. The Balaban J connectivity index is 1.56. The zero-order valence-electron chi connectivity index (χ0n) is 16.4. The number of hydrogen-bond donors (Lipinski definition) is 1. The number of aryl methyl sites for hydroxylation is 1. The minimum Gasteiger partial charge on any atom is -0.421 e. The zero-order chi connectivity index (χ0) is 19.9. The maximum absolute atomic E-state index is 12.4. The van der Waals surface area contributed by atoms with Gasteiger partial charge in [-0.15, -0.1) is 10.2 Å². The Morgan fingerprint density at radius 3 is 2.64 bits per heavy atom. The number of nitrogens with zero attached hydrogens (tertiary/aromatic N) is 2. The molecular formula is C22H25N3O3. The van der Waals surface area contributed by atoms with E-state index in [9.17, 15) is 4.79 Å². The van der Waals surface area contributed by atoms with Gasteiger partial charge in [0.15, 0.2) is 0 Å². The van der Waals surface area contributed by atoms with Crippen molar-refractivity contribution in [3.8, 4) is 11.5 Å². The lowest BCUT2D eigenvalue weighted by Gasteiger charge is -2.14. The largest absolute Gasteiger partial charge is 0.421 e. The van der Waals surface area contributed by atoms with Crippen molar-refractivity contribution in [2.24, 2.45) is 0 Å². The number of amides is 1. The van der Waals surface area contributed by atoms with Crippen LogP contribution in [-0.2, 0) is 22.6 Å². The third-order valence-corrected chi connectivity index (χ3v) is 4.35. The number of anilines is 1. The molecule has 6 nitrogen and oxygen atoms in total. The van der Waals surface area contributed by atoms with Crippen LogP contribution in [0.25, 0.3) is 11.5 Å². The number of benzene rings is 2. The second kappa shape index (κ2) is 9.28. The van der Waals surface area contributed by atoms with Crippen LogP contribution in [0.3, 0.4) is 0 Å². The van der Waals surface area contributed by atoms with E-state index in [1.807, 2.05) is 69.3 Å². The van der Waals surface area contributed by atoms with E-state index in [1.54, 1.807) is 0 Å². The molecule has 3 aromatic rings. The van der Waals surface area contributed by atoms with Gasteiger partial charge in [0, 0.05) is 24.1 Å². The number of ether oxygens (including phenoxy) is 1. The molecule has 0 saturated heterocycles. The maximum Gasteiger partial charge on any atom is 0.247 e. The van der Waals surface area contributed by atoms with E-state index in [2.05, 4.69) is 15.5 Å². The van der Waals surface area contributed by atoms with Crippen LogP contribution >= 0.6 is 0 Å². The van der Waals surface area contributed by atoms with Crippen LogP contribution in [0.2, 0.25) is 0 Å². The SMILES string of the molecule is Cc1c(COC(C)C)cccc1NC(=O)CCc1nnc(-c2ccccc2)o1. The normalized spacial score (nSPS) is 11.0. The third-order valence-electron chi connectivity index (χ3n) is 4.35. The Kier molecular flexibility index (Phi) is 6.55. The van der Waals surface area contributed by atoms with Crippen LogP contribution in [0.5, 0.6) is 0 Å². The van der Waals surface area contributed by atoms with E-state index in [-0.39, 0.29) is 18.4 Å². The highest BCUT2D eigenvalue weighted by atomic mass is 16.5. The summed E-state index contributed by atoms with van der Waals surface area (Å²) in [6.45, 7) is 6.51. The number of nitrogens with one attached hydrogen (secondary N) is 1. The fraction of sp³-hybridized carbons (Fsp3) is 0.318. The minimum absolute atomic E-state index is 0.0931. The second-order valence-corrected chi connectivity index (χ2v) is 6.86. The van der Waals surface area contributed by atoms with Crippen molar-refractivity contribution in [1.29, 1.82) is 0 Å². The summed E-state index contributed by atoms with van der Waals surface area (Å²) in [4.78, 5) is 12.4. The number of hydrogen-bond acceptors (Lipinski definition) is 5. The number of carbonyl (C=O) groups is 1. The predicted molar refractivity (Wildman–Crippen MR) is 108 cm³/mol. The van der Waals surface area contributed by atoms with Crippen molar-refractivity contribution in [3.05, 3.63) is 65.5 Å². The lowest BCUT2D eigenvalue weighted by Crippen LogP contribution is -2.14. The summed E-state index contributed by atoms with van der Waals surface area (Å²) in [5.41, 5.74) is 3.74. The van der Waals surface area contributed by atoms with Gasteiger partial charge in [-0.3, -0.25) is 4.79 Å². The van der Waals surface area contributed by atoms with Crippen molar-refractivity contribution in [2.75, 3.05) is 5.32 Å². The fourth-order valence-corrected chi connectivity index (χ4v) is 2.72. The van der Waals surface area contributed by atoms with Crippen LogP contribution < -0.4 is 5.32 Å². The number of rotatable bonds is 8. The summed E-state index contributed by atoms with van der Waals surface area (Å²) < 4.78 is 11.3. The van der Waals surface area contributed by atoms with Gasteiger partial charge in [-0.25, -0.2) is 0 Å². The molecule has 0 radical (unpaired) electrons. The van der Waals surface area contributed by atoms with Gasteiger partial charge in [0.1, 0.15) is 0 Å². The zero-order valence-corrected chi connectivity index (χ0v) is 16.4. The molecule has 0 aliphatic heterocycles. The molecule has 1 heterocycles. The van der Waals surface area contributed by atoms with E-state index in [0.717, 1.165) is 22.4 Å². The first-order valence-electron chi connectivity index (χ1n) is 9.40. The molecule has 0 atom stereocenters. The lowest BCUT2D eigenvalue weighted by molar-refractivity contribution is -0.116. The van der Waals surface area contributed by atoms with E-state index in [1.165, 1.54) is 0 Å². The smallest absolute Gasteiger partial charge is 0.247 e. The second-order valence-electron chi connectivity index (χ2n) is 6.86. The van der Waals surface area contributed by atoms with Crippen LogP contribution in [0, 0.1) is 6.92 Å². The molecule has 0 aliphatic rings. The monoisotopic (exact) mass is 379 g/mol. The summed E-state index contributed by atoms with van der Waals surface area (Å²) in [5.74, 6) is 0.819. The van der Waals surface area contributed by atoms with Gasteiger partial charge in [0.2, 0.25) is 17.7 Å². The molecule has 0 spiro atoms. The quantitative estimate of drug-likeness (QED) is 0.622. The summed E-state index contributed by atoms with van der Waals surface area (Å²) in [7, 11) is 0. The topological polar surface area (TPSA) is 77.2 Å². The van der Waals surface area contributed by atoms with Gasteiger partial charge in [0.05, 0.1) is 12.7 Å². The van der Waals surface area contributed by atoms with Crippen molar-refractivity contribution >= 4 is 11.6 Å². The van der Waals surface area contributed by atoms with Crippen LogP contribution in [0.1, 0.15) is 37.3 Å². The molecule has 0 saturated carbocycles. The van der Waals surface area contributed by atoms with Crippen molar-refractivity contribution in [2.45, 2.75) is 46.3 Å². The minimum atomic E-state index is -0.0931. The Morgan fingerprint density at radius 2 is 1.89 bits per heavy atom. The molecular weight excluding hydrogens is 354 g/mol. The van der Waals surface area contributed by atoms with Crippen molar-refractivity contribution in [3.63, 3.8) is 0 Å². The predicted octanol–water partition coefficient (Wildman–Crippen LogP) is 4.54. The summed E-state index contributed by atoms with van der Waals surface area (Å²) in [5, 5.41) is 11.0. The molecule has 1 amide bonds. The van der Waals surface area contributed by atoms with Gasteiger partial charge in [-0.2, -0.15) is 0 Å². The first-order chi connectivity index (χ1) is 13.5. The summed E-state index contributed by atoms with van der Waals surface area (Å²) in [6.07, 6.45) is 0.816. The lowest BCUT2D eigenvalue weighted by atomic mass is 10.1. The van der Waals surface area contributed by atoms with Crippen molar-refractivity contribution < 1.29 is 13.9 Å². The Morgan fingerprint density at radius 1 is 1.11 bits per heavy atom. The highest BCUT2D eigenvalue weighted by Crippen LogP contribution is 2.21. The molecule has 0 fully saturated rings. The highest BCUT2D eigenvalue weighted by molar-refractivity contribution is 5.91. The average molecular weight is 379 g/mol. The van der Waals surface area contributed by atoms with E-state index in [4.69, 9.17) is 9.15 Å². The highest BCUT2D eigenvalue weighted by Gasteiger charge is 2.12. The van der Waals surface area contributed by atoms with Crippen LogP contribution in [0.15, 0.2) is 52.9 Å². The fourth-order valence-electron chi connectivity index (χ4n) is 2.72. The maximum atomic E-state index is 12.4. The summed E-state index contributed by atoms with van der Waals surface area (Å²) >= 11 is 0. The van der Waals surface area contributed by atoms with Gasteiger partial charge in [-0.05, 0) is 50.1 Å². The Labute approximate surface area is 164 Å². The molecule has 3 rings (SSSR count). The number of carbonyl (C=O) groups excluding carboxylic acids is 1. The first kappa shape index (κ1) is 19.8. The molecule has 1 N–H and O–H groups in total. The molecule has 0 unspecified atom stereocenters. The number of aromatic nitrogens is 2. The Bertz CT molecular complexity index is 920. The first-order valence-corrected chi connectivity index (χ1v) is 9.40. The molecule has 6 heteroatoms. The van der Waals surface area contributed by atoms with E-state index < -0.39 is 0 Å². The van der Waals surface area contributed by atoms with Gasteiger partial charge < -0.3 is 14.5 Å². The molecule has 28 heavy (non-hydrogen) atoms. The van der Waals surface area contributed by atoms with E-state index in [0.29, 0.717) is 24.8 Å². The van der Waals surface area contributed by atoms with Gasteiger partial charge in [0.25, 0.3) is 0 Å². The molecule has 2 aromatic carbocycles. The third kappa shape index (κ3) is 5.27. The molecule has 1 aromatic heterocycles. The molecule has 0 bridgehead atoms. The average Bonchev–Trinajstić information content (AvgIpc) is 3.17. The van der Waals surface area contributed by atoms with Crippen molar-refractivity contribution in [1.82, 2.24) is 10.2 Å². The van der Waals surface area contributed by atoms with Gasteiger partial charge >= 0.3 is 0 Å². The van der Waals surface area contributed by atoms with Crippen LogP contribution in [0.4, 0.5) is 5.69 Å². The molecule has 0 aliphatic carbocycles. The van der Waals surface area contributed by atoms with E-state index >= 15 is 0 Å².